The molecule has 0 heterocycles. The molecule has 3 nitrogen and oxygen atoms in total. The monoisotopic (exact) mass is 266 g/mol. The zero-order valence-corrected chi connectivity index (χ0v) is 11.3. The van der Waals surface area contributed by atoms with Crippen molar-refractivity contribution >= 4 is 5.97 Å². The molecule has 20 heavy (non-hydrogen) atoms. The van der Waals surface area contributed by atoms with Crippen LogP contribution in [0.2, 0.25) is 0 Å². The number of methoxy groups -OCH3 is 2. The van der Waals surface area contributed by atoms with Crippen molar-refractivity contribution in [1.29, 1.82) is 0 Å². The van der Waals surface area contributed by atoms with E-state index in [9.17, 15) is 4.79 Å². The molecule has 0 bridgehead atoms. The van der Waals surface area contributed by atoms with Crippen molar-refractivity contribution in [3.63, 3.8) is 0 Å². The van der Waals surface area contributed by atoms with Crippen molar-refractivity contribution in [3.05, 3.63) is 65.2 Å². The molecular formula is C17H14O3. The maximum Gasteiger partial charge on any atom is 0.341 e. The van der Waals surface area contributed by atoms with Crippen molar-refractivity contribution in [1.82, 2.24) is 0 Å². The lowest BCUT2D eigenvalue weighted by Crippen LogP contribution is -2.04. The van der Waals surface area contributed by atoms with Gasteiger partial charge in [0.2, 0.25) is 0 Å². The minimum absolute atomic E-state index is 0.389. The van der Waals surface area contributed by atoms with E-state index in [-0.39, 0.29) is 0 Å². The molecule has 0 saturated heterocycles. The summed E-state index contributed by atoms with van der Waals surface area (Å²) in [4.78, 5) is 11.5. The fourth-order valence-electron chi connectivity index (χ4n) is 1.71. The molecule has 0 saturated carbocycles. The van der Waals surface area contributed by atoms with Gasteiger partial charge < -0.3 is 9.47 Å². The lowest BCUT2D eigenvalue weighted by atomic mass is 10.1. The topological polar surface area (TPSA) is 35.5 Å². The summed E-state index contributed by atoms with van der Waals surface area (Å²) in [5.74, 6) is 6.12. The molecule has 0 aliphatic heterocycles. The van der Waals surface area contributed by atoms with Crippen LogP contribution in [0.25, 0.3) is 0 Å². The van der Waals surface area contributed by atoms with Crippen LogP contribution in [0.4, 0.5) is 0 Å². The Morgan fingerprint density at radius 3 is 2.30 bits per heavy atom. The Hall–Kier alpha value is -2.73. The van der Waals surface area contributed by atoms with Crippen LogP contribution < -0.4 is 4.74 Å². The smallest absolute Gasteiger partial charge is 0.341 e. The normalized spacial score (nSPS) is 9.30. The van der Waals surface area contributed by atoms with Crippen molar-refractivity contribution in [2.75, 3.05) is 14.2 Å². The van der Waals surface area contributed by atoms with Crippen LogP contribution in [0, 0.1) is 11.8 Å². The quantitative estimate of drug-likeness (QED) is 0.619. The van der Waals surface area contributed by atoms with E-state index in [1.165, 1.54) is 14.2 Å². The van der Waals surface area contributed by atoms with Gasteiger partial charge in [-0.15, -0.1) is 0 Å². The molecule has 2 rings (SSSR count). The van der Waals surface area contributed by atoms with Crippen LogP contribution in [-0.4, -0.2) is 20.2 Å². The van der Waals surface area contributed by atoms with Crippen molar-refractivity contribution < 1.29 is 14.3 Å². The highest BCUT2D eigenvalue weighted by Gasteiger charge is 2.12. The Morgan fingerprint density at radius 1 is 0.950 bits per heavy atom. The standard InChI is InChI=1S/C17H14O3/c1-19-16-12-14(10-11-15(16)17(18)20-2)9-8-13-6-4-3-5-7-13/h3-7,10-12H,1-2H3. The number of hydrogen-bond donors (Lipinski definition) is 0. The van der Waals surface area contributed by atoms with Gasteiger partial charge in [0.1, 0.15) is 11.3 Å². The average Bonchev–Trinajstić information content (AvgIpc) is 2.52. The lowest BCUT2D eigenvalue weighted by Gasteiger charge is -2.06. The molecule has 2 aromatic carbocycles. The molecular weight excluding hydrogens is 252 g/mol. The highest BCUT2D eigenvalue weighted by atomic mass is 16.5. The predicted octanol–water partition coefficient (Wildman–Crippen LogP) is 2.88. The number of rotatable bonds is 2. The van der Waals surface area contributed by atoms with Crippen LogP contribution in [0.15, 0.2) is 48.5 Å². The third kappa shape index (κ3) is 3.18. The van der Waals surface area contributed by atoms with Gasteiger partial charge in [-0.1, -0.05) is 30.0 Å². The van der Waals surface area contributed by atoms with E-state index in [0.29, 0.717) is 11.3 Å². The van der Waals surface area contributed by atoms with Gasteiger partial charge >= 0.3 is 5.97 Å². The third-order valence-corrected chi connectivity index (χ3v) is 2.73. The zero-order chi connectivity index (χ0) is 14.4. The Bertz CT molecular complexity index is 664. The zero-order valence-electron chi connectivity index (χ0n) is 11.3. The minimum Gasteiger partial charge on any atom is -0.496 e. The van der Waals surface area contributed by atoms with E-state index >= 15 is 0 Å². The highest BCUT2D eigenvalue weighted by Crippen LogP contribution is 2.20. The summed E-state index contributed by atoms with van der Waals surface area (Å²) >= 11 is 0. The molecule has 2 aromatic rings. The molecule has 0 radical (unpaired) electrons. The first kappa shape index (κ1) is 13.7. The molecule has 0 fully saturated rings. The maximum absolute atomic E-state index is 11.5. The minimum atomic E-state index is -0.426. The van der Waals surface area contributed by atoms with Crippen LogP contribution in [0.1, 0.15) is 21.5 Å². The van der Waals surface area contributed by atoms with E-state index in [2.05, 4.69) is 11.8 Å². The fraction of sp³-hybridized carbons (Fsp3) is 0.118. The van der Waals surface area contributed by atoms with Crippen molar-refractivity contribution in [3.8, 4) is 17.6 Å². The largest absolute Gasteiger partial charge is 0.496 e. The van der Waals surface area contributed by atoms with E-state index in [0.717, 1.165) is 11.1 Å². The lowest BCUT2D eigenvalue weighted by molar-refractivity contribution is 0.0597. The van der Waals surface area contributed by atoms with Gasteiger partial charge in [0.15, 0.2) is 0 Å². The summed E-state index contributed by atoms with van der Waals surface area (Å²) in [6, 6.07) is 14.8. The molecule has 0 aromatic heterocycles. The number of esters is 1. The summed E-state index contributed by atoms with van der Waals surface area (Å²) in [6.45, 7) is 0. The SMILES string of the molecule is COC(=O)c1ccc(C#Cc2ccccc2)cc1OC. The van der Waals surface area contributed by atoms with Gasteiger partial charge in [-0.2, -0.15) is 0 Å². The summed E-state index contributed by atoms with van der Waals surface area (Å²) in [7, 11) is 2.85. The second-order valence-electron chi connectivity index (χ2n) is 4.02. The number of benzene rings is 2. The fourth-order valence-corrected chi connectivity index (χ4v) is 1.71. The molecule has 0 N–H and O–H groups in total. The van der Waals surface area contributed by atoms with Crippen LogP contribution in [0.5, 0.6) is 5.75 Å². The van der Waals surface area contributed by atoms with Crippen LogP contribution in [-0.2, 0) is 4.74 Å². The molecule has 0 atom stereocenters. The van der Waals surface area contributed by atoms with E-state index in [1.807, 2.05) is 30.3 Å². The summed E-state index contributed by atoms with van der Waals surface area (Å²) in [5.41, 5.74) is 2.10. The Labute approximate surface area is 118 Å². The number of ether oxygens (including phenoxy) is 2. The summed E-state index contributed by atoms with van der Waals surface area (Å²) < 4.78 is 9.89. The summed E-state index contributed by atoms with van der Waals surface area (Å²) in [5, 5.41) is 0. The van der Waals surface area contributed by atoms with Gasteiger partial charge in [0.25, 0.3) is 0 Å². The van der Waals surface area contributed by atoms with Crippen molar-refractivity contribution in [2.45, 2.75) is 0 Å². The van der Waals surface area contributed by atoms with Crippen molar-refractivity contribution in [2.24, 2.45) is 0 Å². The van der Waals surface area contributed by atoms with Gasteiger partial charge in [-0.3, -0.25) is 0 Å². The first-order valence-electron chi connectivity index (χ1n) is 6.08. The molecule has 0 aliphatic rings. The molecule has 0 spiro atoms. The Morgan fingerprint density at radius 2 is 1.65 bits per heavy atom. The van der Waals surface area contributed by atoms with Gasteiger partial charge in [-0.25, -0.2) is 4.79 Å². The second kappa shape index (κ2) is 6.44. The van der Waals surface area contributed by atoms with E-state index in [4.69, 9.17) is 9.47 Å². The van der Waals surface area contributed by atoms with Gasteiger partial charge in [-0.05, 0) is 30.3 Å². The first-order chi connectivity index (χ1) is 9.74. The summed E-state index contributed by atoms with van der Waals surface area (Å²) in [6.07, 6.45) is 0. The molecule has 0 amide bonds. The predicted molar refractivity (Wildman–Crippen MR) is 76.8 cm³/mol. The highest BCUT2D eigenvalue weighted by molar-refractivity contribution is 5.92. The molecule has 100 valence electrons. The number of carbonyl (C=O) groups excluding carboxylic acids is 1. The second-order valence-corrected chi connectivity index (χ2v) is 4.02. The van der Waals surface area contributed by atoms with Gasteiger partial charge in [0.05, 0.1) is 14.2 Å². The van der Waals surface area contributed by atoms with E-state index < -0.39 is 5.97 Å². The Kier molecular flexibility index (Phi) is 4.41. The number of carbonyl (C=O) groups is 1. The van der Waals surface area contributed by atoms with Gasteiger partial charge in [0, 0.05) is 11.1 Å². The third-order valence-electron chi connectivity index (χ3n) is 2.73. The first-order valence-corrected chi connectivity index (χ1v) is 6.08. The maximum atomic E-state index is 11.5. The van der Waals surface area contributed by atoms with E-state index in [1.54, 1.807) is 18.2 Å². The Balaban J connectivity index is 2.31. The number of hydrogen-bond acceptors (Lipinski definition) is 3. The molecule has 3 heteroatoms. The molecule has 0 unspecified atom stereocenters. The molecule has 0 aliphatic carbocycles. The van der Waals surface area contributed by atoms with Crippen LogP contribution >= 0.6 is 0 Å². The van der Waals surface area contributed by atoms with Crippen LogP contribution in [0.3, 0.4) is 0 Å². The average molecular weight is 266 g/mol.